The largest absolute Gasteiger partial charge is 0.508 e. The van der Waals surface area contributed by atoms with Gasteiger partial charge in [-0.3, -0.25) is 4.79 Å². The topological polar surface area (TPSA) is 49.8 Å². The van der Waals surface area contributed by atoms with Crippen molar-refractivity contribution in [3.8, 4) is 5.75 Å². The molecule has 4 nitrogen and oxygen atoms in total. The predicted octanol–water partition coefficient (Wildman–Crippen LogP) is 2.48. The van der Waals surface area contributed by atoms with Gasteiger partial charge in [-0.2, -0.15) is 0 Å². The molecule has 1 N–H and O–H groups in total. The first-order valence-corrected chi connectivity index (χ1v) is 7.39. The van der Waals surface area contributed by atoms with Gasteiger partial charge in [-0.1, -0.05) is 18.9 Å². The van der Waals surface area contributed by atoms with E-state index in [2.05, 4.69) is 0 Å². The van der Waals surface area contributed by atoms with Gasteiger partial charge in [0.25, 0.3) is 5.91 Å². The number of phenolic OH excluding ortho intramolecular Hbond substituents is 1. The van der Waals surface area contributed by atoms with Crippen LogP contribution in [0, 0.1) is 6.92 Å². The summed E-state index contributed by atoms with van der Waals surface area (Å²) in [5, 5.41) is 9.78. The van der Waals surface area contributed by atoms with Crippen LogP contribution in [-0.4, -0.2) is 41.2 Å². The molecule has 1 amide bonds. The number of carbonyl (C=O) groups excluding carboxylic acids is 1. The molecule has 2 fully saturated rings. The van der Waals surface area contributed by atoms with Crippen LogP contribution >= 0.6 is 0 Å². The Hall–Kier alpha value is -1.55. The van der Waals surface area contributed by atoms with Crippen LogP contribution in [0.3, 0.4) is 0 Å². The van der Waals surface area contributed by atoms with E-state index in [9.17, 15) is 9.90 Å². The number of morpholine rings is 1. The first-order chi connectivity index (χ1) is 9.66. The van der Waals surface area contributed by atoms with Crippen molar-refractivity contribution in [2.24, 2.45) is 0 Å². The number of ether oxygens (including phenoxy) is 1. The Morgan fingerprint density at radius 1 is 1.35 bits per heavy atom. The van der Waals surface area contributed by atoms with Crippen LogP contribution in [0.1, 0.15) is 41.6 Å². The number of amides is 1. The predicted molar refractivity (Wildman–Crippen MR) is 75.9 cm³/mol. The Bertz CT molecular complexity index is 512. The number of fused-ring (bicyclic) bond motifs is 1. The minimum absolute atomic E-state index is 0.0144. The minimum Gasteiger partial charge on any atom is -0.508 e. The maximum Gasteiger partial charge on any atom is 0.254 e. The first-order valence-electron chi connectivity index (χ1n) is 7.39. The molecule has 2 unspecified atom stereocenters. The molecule has 1 heterocycles. The zero-order chi connectivity index (χ0) is 14.1. The molecule has 0 aromatic heterocycles. The van der Waals surface area contributed by atoms with E-state index in [0.29, 0.717) is 18.7 Å². The molecule has 20 heavy (non-hydrogen) atoms. The number of aryl methyl sites for hydroxylation is 1. The van der Waals surface area contributed by atoms with Gasteiger partial charge < -0.3 is 14.7 Å². The molecular formula is C16H21NO3. The maximum absolute atomic E-state index is 12.7. The molecule has 1 saturated heterocycles. The van der Waals surface area contributed by atoms with Crippen LogP contribution in [0.2, 0.25) is 0 Å². The van der Waals surface area contributed by atoms with Gasteiger partial charge in [-0.05, 0) is 37.5 Å². The Labute approximate surface area is 119 Å². The van der Waals surface area contributed by atoms with E-state index in [1.165, 1.54) is 6.42 Å². The quantitative estimate of drug-likeness (QED) is 0.856. The Morgan fingerprint density at radius 2 is 2.15 bits per heavy atom. The fourth-order valence-corrected chi connectivity index (χ4v) is 3.26. The molecule has 1 aliphatic carbocycles. The van der Waals surface area contributed by atoms with Gasteiger partial charge in [-0.15, -0.1) is 0 Å². The fraction of sp³-hybridized carbons (Fsp3) is 0.562. The van der Waals surface area contributed by atoms with Crippen LogP contribution < -0.4 is 0 Å². The lowest BCUT2D eigenvalue weighted by molar-refractivity contribution is -0.0752. The summed E-state index contributed by atoms with van der Waals surface area (Å²) >= 11 is 0. The molecule has 0 bridgehead atoms. The lowest BCUT2D eigenvalue weighted by Crippen LogP contribution is -2.54. The third-order valence-electron chi connectivity index (χ3n) is 4.45. The van der Waals surface area contributed by atoms with Crippen molar-refractivity contribution in [3.63, 3.8) is 0 Å². The summed E-state index contributed by atoms with van der Waals surface area (Å²) in [5.41, 5.74) is 1.36. The number of phenols is 1. The van der Waals surface area contributed by atoms with Crippen molar-refractivity contribution in [2.45, 2.75) is 44.8 Å². The molecule has 3 rings (SSSR count). The van der Waals surface area contributed by atoms with Crippen molar-refractivity contribution in [1.29, 1.82) is 0 Å². The van der Waals surface area contributed by atoms with Crippen LogP contribution in [0.15, 0.2) is 18.2 Å². The van der Waals surface area contributed by atoms with E-state index in [4.69, 9.17) is 4.74 Å². The molecule has 1 saturated carbocycles. The number of rotatable bonds is 1. The van der Waals surface area contributed by atoms with Gasteiger partial charge in [-0.25, -0.2) is 0 Å². The van der Waals surface area contributed by atoms with Gasteiger partial charge in [0.05, 0.1) is 18.8 Å². The van der Waals surface area contributed by atoms with E-state index in [1.807, 2.05) is 11.8 Å². The molecule has 108 valence electrons. The minimum atomic E-state index is 0.0144. The first kappa shape index (κ1) is 13.4. The van der Waals surface area contributed by atoms with E-state index in [-0.39, 0.29) is 23.8 Å². The van der Waals surface area contributed by atoms with Gasteiger partial charge >= 0.3 is 0 Å². The average molecular weight is 275 g/mol. The van der Waals surface area contributed by atoms with E-state index < -0.39 is 0 Å². The lowest BCUT2D eigenvalue weighted by atomic mass is 9.89. The van der Waals surface area contributed by atoms with E-state index in [0.717, 1.165) is 24.8 Å². The SMILES string of the molecule is Cc1ccc(C(=O)N2CCOC3CCCCC32)cc1O. The van der Waals surface area contributed by atoms with Crippen LogP contribution in [-0.2, 0) is 4.74 Å². The highest BCUT2D eigenvalue weighted by Crippen LogP contribution is 2.30. The third kappa shape index (κ3) is 2.40. The van der Waals surface area contributed by atoms with Crippen LogP contribution in [0.5, 0.6) is 5.75 Å². The van der Waals surface area contributed by atoms with Crippen molar-refractivity contribution < 1.29 is 14.6 Å². The van der Waals surface area contributed by atoms with Gasteiger partial charge in [0.2, 0.25) is 0 Å². The fourth-order valence-electron chi connectivity index (χ4n) is 3.26. The number of hydrogen-bond donors (Lipinski definition) is 1. The van der Waals surface area contributed by atoms with Gasteiger partial charge in [0.1, 0.15) is 5.75 Å². The molecule has 1 aromatic rings. The highest BCUT2D eigenvalue weighted by molar-refractivity contribution is 5.95. The van der Waals surface area contributed by atoms with Crippen LogP contribution in [0.4, 0.5) is 0 Å². The Balaban J connectivity index is 1.83. The normalized spacial score (nSPS) is 26.1. The highest BCUT2D eigenvalue weighted by Gasteiger charge is 2.36. The summed E-state index contributed by atoms with van der Waals surface area (Å²) in [7, 11) is 0. The second-order valence-electron chi connectivity index (χ2n) is 5.76. The second-order valence-corrected chi connectivity index (χ2v) is 5.76. The summed E-state index contributed by atoms with van der Waals surface area (Å²) in [5.74, 6) is 0.199. The van der Waals surface area contributed by atoms with Crippen molar-refractivity contribution in [1.82, 2.24) is 4.90 Å². The molecular weight excluding hydrogens is 254 g/mol. The molecule has 0 radical (unpaired) electrons. The number of nitrogens with zero attached hydrogens (tertiary/aromatic N) is 1. The molecule has 1 aromatic carbocycles. The number of aromatic hydroxyl groups is 1. The third-order valence-corrected chi connectivity index (χ3v) is 4.45. The summed E-state index contributed by atoms with van der Waals surface area (Å²) in [6, 6.07) is 5.37. The number of benzene rings is 1. The molecule has 2 atom stereocenters. The summed E-state index contributed by atoms with van der Waals surface area (Å²) < 4.78 is 5.80. The molecule has 1 aliphatic heterocycles. The Kier molecular flexibility index (Phi) is 3.66. The van der Waals surface area contributed by atoms with E-state index >= 15 is 0 Å². The smallest absolute Gasteiger partial charge is 0.254 e. The second kappa shape index (κ2) is 5.44. The van der Waals surface area contributed by atoms with Gasteiger partial charge in [0, 0.05) is 12.1 Å². The Morgan fingerprint density at radius 3 is 2.95 bits per heavy atom. The summed E-state index contributed by atoms with van der Waals surface area (Å²) in [6.07, 6.45) is 4.62. The molecule has 2 aliphatic rings. The van der Waals surface area contributed by atoms with Crippen LogP contribution in [0.25, 0.3) is 0 Å². The average Bonchev–Trinajstić information content (AvgIpc) is 2.49. The summed E-state index contributed by atoms with van der Waals surface area (Å²) in [4.78, 5) is 14.6. The maximum atomic E-state index is 12.7. The molecule has 0 spiro atoms. The van der Waals surface area contributed by atoms with E-state index in [1.54, 1.807) is 18.2 Å². The van der Waals surface area contributed by atoms with Gasteiger partial charge in [0.15, 0.2) is 0 Å². The van der Waals surface area contributed by atoms with Crippen molar-refractivity contribution in [2.75, 3.05) is 13.2 Å². The highest BCUT2D eigenvalue weighted by atomic mass is 16.5. The van der Waals surface area contributed by atoms with Crippen molar-refractivity contribution in [3.05, 3.63) is 29.3 Å². The summed E-state index contributed by atoms with van der Waals surface area (Å²) in [6.45, 7) is 3.09. The lowest BCUT2D eigenvalue weighted by Gasteiger charge is -2.43. The monoisotopic (exact) mass is 275 g/mol. The van der Waals surface area contributed by atoms with Crippen molar-refractivity contribution >= 4 is 5.91 Å². The molecule has 4 heteroatoms. The standard InChI is InChI=1S/C16H21NO3/c1-11-6-7-12(10-14(11)18)16(19)17-8-9-20-15-5-3-2-4-13(15)17/h6-7,10,13,15,18H,2-5,8-9H2,1H3. The zero-order valence-electron chi connectivity index (χ0n) is 11.8. The number of carbonyl (C=O) groups is 1. The number of hydrogen-bond acceptors (Lipinski definition) is 3. The zero-order valence-corrected chi connectivity index (χ0v) is 11.8.